The highest BCUT2D eigenvalue weighted by molar-refractivity contribution is 5.91. The van der Waals surface area contributed by atoms with Gasteiger partial charge in [-0.3, -0.25) is 4.98 Å². The first kappa shape index (κ1) is 13.0. The van der Waals surface area contributed by atoms with Crippen LogP contribution in [-0.4, -0.2) is 26.0 Å². The Bertz CT molecular complexity index is 833. The Morgan fingerprint density at radius 2 is 1.95 bits per heavy atom. The fourth-order valence-corrected chi connectivity index (χ4v) is 1.90. The number of fused-ring (bicyclic) bond motifs is 1. The van der Waals surface area contributed by atoms with Gasteiger partial charge in [-0.2, -0.15) is 4.98 Å². The van der Waals surface area contributed by atoms with Crippen LogP contribution in [-0.2, 0) is 0 Å². The number of rotatable bonds is 3. The van der Waals surface area contributed by atoms with Crippen molar-refractivity contribution in [2.75, 3.05) is 0 Å². The fourth-order valence-electron chi connectivity index (χ4n) is 1.90. The van der Waals surface area contributed by atoms with Gasteiger partial charge in [0, 0.05) is 18.5 Å². The van der Waals surface area contributed by atoms with E-state index in [2.05, 4.69) is 15.0 Å². The van der Waals surface area contributed by atoms with Crippen LogP contribution in [0.3, 0.4) is 0 Å². The van der Waals surface area contributed by atoms with E-state index in [0.29, 0.717) is 11.2 Å². The highest BCUT2D eigenvalue weighted by Gasteiger charge is 2.13. The quantitative estimate of drug-likeness (QED) is 0.794. The van der Waals surface area contributed by atoms with Crippen LogP contribution in [0.2, 0.25) is 0 Å². The molecule has 0 unspecified atom stereocenters. The number of benzene rings is 1. The third kappa shape index (κ3) is 2.64. The van der Waals surface area contributed by atoms with Gasteiger partial charge in [-0.15, -0.1) is 0 Å². The number of aromatic nitrogens is 3. The van der Waals surface area contributed by atoms with Gasteiger partial charge in [-0.05, 0) is 30.7 Å². The molecule has 2 aromatic heterocycles. The average Bonchev–Trinajstić information content (AvgIpc) is 2.47. The van der Waals surface area contributed by atoms with Crippen molar-refractivity contribution in [1.82, 2.24) is 15.0 Å². The zero-order valence-electron chi connectivity index (χ0n) is 11.1. The Morgan fingerprint density at radius 3 is 2.76 bits per heavy atom. The van der Waals surface area contributed by atoms with Crippen LogP contribution in [0.1, 0.15) is 15.9 Å². The van der Waals surface area contributed by atoms with Crippen LogP contribution in [0.25, 0.3) is 11.2 Å². The summed E-state index contributed by atoms with van der Waals surface area (Å²) >= 11 is 0. The number of nitrogens with zero attached hydrogens (tertiary/aromatic N) is 3. The van der Waals surface area contributed by atoms with Gasteiger partial charge in [-0.1, -0.05) is 6.07 Å². The summed E-state index contributed by atoms with van der Waals surface area (Å²) in [6, 6.07) is 8.24. The predicted octanol–water partition coefficient (Wildman–Crippen LogP) is 2.82. The molecular formula is C15H11N3O3. The summed E-state index contributed by atoms with van der Waals surface area (Å²) in [7, 11) is 0. The van der Waals surface area contributed by atoms with E-state index < -0.39 is 5.97 Å². The molecule has 1 N–H and O–H groups in total. The Hall–Kier alpha value is -3.02. The Balaban J connectivity index is 2.02. The van der Waals surface area contributed by atoms with Gasteiger partial charge < -0.3 is 9.84 Å². The maximum Gasteiger partial charge on any atom is 0.339 e. The fraction of sp³-hybridized carbons (Fsp3) is 0.0667. The summed E-state index contributed by atoms with van der Waals surface area (Å²) in [6.07, 6.45) is 3.11. The molecule has 0 aliphatic carbocycles. The van der Waals surface area contributed by atoms with Gasteiger partial charge in [0.15, 0.2) is 5.65 Å². The molecule has 3 rings (SSSR count). The molecule has 0 aliphatic heterocycles. The van der Waals surface area contributed by atoms with E-state index in [4.69, 9.17) is 4.74 Å². The first-order valence-electron chi connectivity index (χ1n) is 6.23. The lowest BCUT2D eigenvalue weighted by atomic mass is 10.1. The van der Waals surface area contributed by atoms with Crippen molar-refractivity contribution in [2.24, 2.45) is 0 Å². The molecule has 0 atom stereocenters. The summed E-state index contributed by atoms with van der Waals surface area (Å²) in [5.74, 6) is -0.528. The summed E-state index contributed by atoms with van der Waals surface area (Å²) in [5, 5.41) is 9.18. The van der Waals surface area contributed by atoms with Crippen molar-refractivity contribution >= 4 is 17.1 Å². The Kier molecular flexibility index (Phi) is 3.19. The first-order chi connectivity index (χ1) is 10.1. The number of carboxylic acid groups (broad SMARTS) is 1. The number of pyridine rings is 1. The number of carboxylic acids is 1. The molecule has 3 aromatic rings. The Labute approximate surface area is 120 Å². The van der Waals surface area contributed by atoms with Gasteiger partial charge in [0.2, 0.25) is 5.88 Å². The largest absolute Gasteiger partial charge is 0.478 e. The van der Waals surface area contributed by atoms with Crippen molar-refractivity contribution in [3.63, 3.8) is 0 Å². The smallest absolute Gasteiger partial charge is 0.339 e. The number of hydrogen-bond acceptors (Lipinski definition) is 5. The highest BCUT2D eigenvalue weighted by atomic mass is 16.5. The second kappa shape index (κ2) is 5.16. The van der Waals surface area contributed by atoms with E-state index in [1.54, 1.807) is 30.5 Å². The molecule has 0 spiro atoms. The minimum atomic E-state index is -1.05. The lowest BCUT2D eigenvalue weighted by Crippen LogP contribution is -2.01. The molecule has 104 valence electrons. The topological polar surface area (TPSA) is 85.2 Å². The average molecular weight is 281 g/mol. The molecule has 0 amide bonds. The van der Waals surface area contributed by atoms with Crippen LogP contribution >= 0.6 is 0 Å². The van der Waals surface area contributed by atoms with Crippen molar-refractivity contribution < 1.29 is 14.6 Å². The van der Waals surface area contributed by atoms with E-state index in [0.717, 1.165) is 5.56 Å². The maximum atomic E-state index is 11.2. The zero-order valence-corrected chi connectivity index (χ0v) is 11.1. The molecule has 0 bridgehead atoms. The minimum Gasteiger partial charge on any atom is -0.478 e. The van der Waals surface area contributed by atoms with Crippen molar-refractivity contribution in [2.45, 2.75) is 6.92 Å². The van der Waals surface area contributed by atoms with E-state index in [-0.39, 0.29) is 17.2 Å². The first-order valence-corrected chi connectivity index (χ1v) is 6.23. The number of hydrogen-bond donors (Lipinski definition) is 1. The monoisotopic (exact) mass is 281 g/mol. The summed E-state index contributed by atoms with van der Waals surface area (Å²) < 4.78 is 5.60. The standard InChI is InChI=1S/C15H11N3O3/c1-9-2-3-10(15(19)20)12(8-9)21-13-5-4-11-14(18-13)17-7-6-16-11/h2-8H,1H3,(H,19,20). The van der Waals surface area contributed by atoms with Gasteiger partial charge in [0.25, 0.3) is 0 Å². The van der Waals surface area contributed by atoms with E-state index in [1.807, 2.05) is 6.92 Å². The third-order valence-electron chi connectivity index (χ3n) is 2.89. The molecule has 0 saturated heterocycles. The lowest BCUT2D eigenvalue weighted by molar-refractivity contribution is 0.0694. The number of ether oxygens (including phenoxy) is 1. The molecule has 2 heterocycles. The molecule has 21 heavy (non-hydrogen) atoms. The van der Waals surface area contributed by atoms with Crippen molar-refractivity contribution in [3.05, 3.63) is 53.9 Å². The van der Waals surface area contributed by atoms with Crippen LogP contribution in [0.4, 0.5) is 0 Å². The molecule has 0 saturated carbocycles. The van der Waals surface area contributed by atoms with E-state index >= 15 is 0 Å². The maximum absolute atomic E-state index is 11.2. The molecule has 6 nitrogen and oxygen atoms in total. The molecule has 6 heteroatoms. The predicted molar refractivity (Wildman–Crippen MR) is 75.5 cm³/mol. The van der Waals surface area contributed by atoms with Gasteiger partial charge in [0.1, 0.15) is 16.8 Å². The molecular weight excluding hydrogens is 270 g/mol. The van der Waals surface area contributed by atoms with E-state index in [9.17, 15) is 9.90 Å². The molecule has 0 aliphatic rings. The van der Waals surface area contributed by atoms with Gasteiger partial charge in [0.05, 0.1) is 0 Å². The minimum absolute atomic E-state index is 0.0849. The van der Waals surface area contributed by atoms with Crippen LogP contribution in [0, 0.1) is 6.92 Å². The van der Waals surface area contributed by atoms with Crippen molar-refractivity contribution in [3.8, 4) is 11.6 Å². The van der Waals surface area contributed by atoms with Gasteiger partial charge >= 0.3 is 5.97 Å². The summed E-state index contributed by atoms with van der Waals surface area (Å²) in [6.45, 7) is 1.86. The number of aryl methyl sites for hydroxylation is 1. The SMILES string of the molecule is Cc1ccc(C(=O)O)c(Oc2ccc3nccnc3n2)c1. The Morgan fingerprint density at radius 1 is 1.14 bits per heavy atom. The van der Waals surface area contributed by atoms with Crippen LogP contribution in [0.5, 0.6) is 11.6 Å². The molecule has 0 fully saturated rings. The van der Waals surface area contributed by atoms with Crippen LogP contribution in [0.15, 0.2) is 42.7 Å². The van der Waals surface area contributed by atoms with Crippen LogP contribution < -0.4 is 4.74 Å². The van der Waals surface area contributed by atoms with Gasteiger partial charge in [-0.25, -0.2) is 9.78 Å². The highest BCUT2D eigenvalue weighted by Crippen LogP contribution is 2.26. The van der Waals surface area contributed by atoms with E-state index in [1.165, 1.54) is 12.3 Å². The third-order valence-corrected chi connectivity index (χ3v) is 2.89. The summed E-state index contributed by atoms with van der Waals surface area (Å²) in [5.41, 5.74) is 2.07. The molecule has 1 aromatic carbocycles. The normalized spacial score (nSPS) is 10.5. The second-order valence-corrected chi connectivity index (χ2v) is 4.46. The summed E-state index contributed by atoms with van der Waals surface area (Å²) in [4.78, 5) is 23.6. The number of aromatic carboxylic acids is 1. The lowest BCUT2D eigenvalue weighted by Gasteiger charge is -2.09. The molecule has 0 radical (unpaired) electrons. The van der Waals surface area contributed by atoms with Crippen molar-refractivity contribution in [1.29, 1.82) is 0 Å². The second-order valence-electron chi connectivity index (χ2n) is 4.46. The zero-order chi connectivity index (χ0) is 14.8. The number of carbonyl (C=O) groups is 1.